The van der Waals surface area contributed by atoms with Gasteiger partial charge in [-0.05, 0) is 74.7 Å². The van der Waals surface area contributed by atoms with Gasteiger partial charge in [0.05, 0.1) is 36.3 Å². The summed E-state index contributed by atoms with van der Waals surface area (Å²) in [6, 6.07) is 18.1. The van der Waals surface area contributed by atoms with Gasteiger partial charge in [-0.25, -0.2) is 4.79 Å². The van der Waals surface area contributed by atoms with Crippen LogP contribution in [0.1, 0.15) is 54.6 Å². The molecule has 0 bridgehead atoms. The molecular weight excluding hydrogens is 673 g/mol. The average molecular weight is 715 g/mol. The molecular formula is C36H41Cl2N3O8. The summed E-state index contributed by atoms with van der Waals surface area (Å²) in [6.07, 6.45) is 0.482. The van der Waals surface area contributed by atoms with Gasteiger partial charge in [0.15, 0.2) is 11.5 Å². The number of carbonyl (C=O) groups is 3. The fourth-order valence-corrected chi connectivity index (χ4v) is 7.66. The van der Waals surface area contributed by atoms with Crippen molar-refractivity contribution >= 4 is 41.2 Å². The molecule has 2 aliphatic rings. The van der Waals surface area contributed by atoms with Crippen molar-refractivity contribution in [3.8, 4) is 17.2 Å². The Labute approximate surface area is 296 Å². The van der Waals surface area contributed by atoms with Crippen molar-refractivity contribution in [2.45, 2.75) is 50.0 Å². The van der Waals surface area contributed by atoms with Crippen LogP contribution in [0.4, 0.5) is 4.79 Å². The second-order valence-corrected chi connectivity index (χ2v) is 13.0. The minimum absolute atomic E-state index is 0.0673. The summed E-state index contributed by atoms with van der Waals surface area (Å²) < 4.78 is 16.3. The maximum atomic E-state index is 14.3. The van der Waals surface area contributed by atoms with Crippen LogP contribution in [0.5, 0.6) is 17.2 Å². The molecule has 2 fully saturated rings. The van der Waals surface area contributed by atoms with E-state index in [4.69, 9.17) is 43.1 Å². The minimum atomic E-state index is -1.13. The van der Waals surface area contributed by atoms with E-state index in [1.807, 2.05) is 42.5 Å². The molecule has 0 saturated carbocycles. The Bertz CT molecular complexity index is 1670. The lowest BCUT2D eigenvalue weighted by Gasteiger charge is -2.52. The minimum Gasteiger partial charge on any atom is -0.493 e. The Balaban J connectivity index is 1.55. The summed E-state index contributed by atoms with van der Waals surface area (Å²) in [7, 11) is 2.77. The van der Waals surface area contributed by atoms with Gasteiger partial charge in [0, 0.05) is 30.1 Å². The first-order valence-electron chi connectivity index (χ1n) is 16.1. The highest BCUT2D eigenvalue weighted by Crippen LogP contribution is 2.50. The van der Waals surface area contributed by atoms with E-state index in [1.165, 1.54) is 26.4 Å². The number of amides is 2. The van der Waals surface area contributed by atoms with Crippen molar-refractivity contribution in [3.63, 3.8) is 0 Å². The summed E-state index contributed by atoms with van der Waals surface area (Å²) in [5.41, 5.74) is 6.76. The number of carbonyl (C=O) groups excluding carboxylic acids is 3. The summed E-state index contributed by atoms with van der Waals surface area (Å²) in [4.78, 5) is 53.3. The fourth-order valence-electron chi connectivity index (χ4n) is 7.37. The number of nitrogens with two attached hydrogens (primary N) is 1. The largest absolute Gasteiger partial charge is 0.546 e. The number of piperidine rings is 1. The van der Waals surface area contributed by atoms with Crippen LogP contribution in [0, 0.1) is 0 Å². The number of ether oxygens (including phenoxy) is 3. The zero-order valence-corrected chi connectivity index (χ0v) is 29.5. The molecule has 2 saturated heterocycles. The van der Waals surface area contributed by atoms with E-state index < -0.39 is 17.0 Å². The third-order valence-corrected chi connectivity index (χ3v) is 10.6. The lowest BCUT2D eigenvalue weighted by Crippen LogP contribution is -2.61. The Kier molecular flexibility index (Phi) is 11.3. The molecule has 2 heterocycles. The van der Waals surface area contributed by atoms with Gasteiger partial charge >= 0.3 is 6.16 Å². The van der Waals surface area contributed by atoms with Gasteiger partial charge in [-0.1, -0.05) is 66.5 Å². The van der Waals surface area contributed by atoms with E-state index in [1.54, 1.807) is 17.9 Å². The molecule has 3 aromatic carbocycles. The number of likely N-dealkylation sites (tertiary alicyclic amines) is 2. The van der Waals surface area contributed by atoms with Crippen molar-refractivity contribution in [1.82, 2.24) is 9.80 Å². The molecule has 11 nitrogen and oxygen atoms in total. The molecule has 2 aliphatic heterocycles. The quantitative estimate of drug-likeness (QED) is 0.107. The highest BCUT2D eigenvalue weighted by Gasteiger charge is 2.55. The van der Waals surface area contributed by atoms with E-state index in [2.05, 4.69) is 21.6 Å². The smallest absolute Gasteiger partial charge is 0.493 e. The molecule has 3 unspecified atom stereocenters. The third-order valence-electron chi connectivity index (χ3n) is 9.87. The van der Waals surface area contributed by atoms with Crippen LogP contribution in [0.15, 0.2) is 60.7 Å². The SMILES string of the molecule is CCOOC(=O)Oc1c(OC)cc(C(=O)N2CCC(c3ccc(Cl)c(Cl)c3)(C3CC(C(N)=O)(c4ccccc4)CCN3CC)C2)cc1OC. The van der Waals surface area contributed by atoms with Crippen molar-refractivity contribution in [2.75, 3.05) is 47.0 Å². The van der Waals surface area contributed by atoms with E-state index >= 15 is 0 Å². The normalized spacial score (nSPS) is 22.4. The number of hydrogen-bond acceptors (Lipinski definition) is 9. The first-order valence-corrected chi connectivity index (χ1v) is 16.9. The maximum Gasteiger partial charge on any atom is 0.546 e. The monoisotopic (exact) mass is 713 g/mol. The summed E-state index contributed by atoms with van der Waals surface area (Å²) in [5.74, 6) is -0.553. The average Bonchev–Trinajstić information content (AvgIpc) is 3.58. The zero-order valence-electron chi connectivity index (χ0n) is 28.0. The van der Waals surface area contributed by atoms with E-state index in [9.17, 15) is 14.4 Å². The Morgan fingerprint density at radius 2 is 1.59 bits per heavy atom. The van der Waals surface area contributed by atoms with Crippen LogP contribution >= 0.6 is 23.2 Å². The van der Waals surface area contributed by atoms with Crippen molar-refractivity contribution in [3.05, 3.63) is 87.4 Å². The summed E-state index contributed by atoms with van der Waals surface area (Å²) >= 11 is 13.0. The molecule has 2 N–H and O–H groups in total. The number of halogens is 2. The van der Waals surface area contributed by atoms with Crippen LogP contribution in [-0.4, -0.2) is 80.8 Å². The Hall–Kier alpha value is -4.03. The fraction of sp³-hybridized carbons (Fsp3) is 0.417. The lowest BCUT2D eigenvalue weighted by molar-refractivity contribution is -0.244. The third kappa shape index (κ3) is 7.03. The molecule has 3 aromatic rings. The Morgan fingerprint density at radius 3 is 2.18 bits per heavy atom. The second kappa shape index (κ2) is 15.2. The van der Waals surface area contributed by atoms with Crippen LogP contribution in [0.2, 0.25) is 10.0 Å². The molecule has 13 heteroatoms. The number of primary amides is 1. The molecule has 49 heavy (non-hydrogen) atoms. The predicted molar refractivity (Wildman–Crippen MR) is 185 cm³/mol. The number of likely N-dealkylation sites (N-methyl/N-ethyl adjacent to an activating group) is 1. The van der Waals surface area contributed by atoms with Crippen LogP contribution < -0.4 is 19.9 Å². The van der Waals surface area contributed by atoms with Crippen molar-refractivity contribution in [2.24, 2.45) is 5.73 Å². The first-order chi connectivity index (χ1) is 23.5. The van der Waals surface area contributed by atoms with Gasteiger partial charge < -0.3 is 24.8 Å². The molecule has 5 rings (SSSR count). The van der Waals surface area contributed by atoms with Crippen molar-refractivity contribution in [1.29, 1.82) is 0 Å². The van der Waals surface area contributed by atoms with Gasteiger partial charge in [0.25, 0.3) is 5.91 Å². The first kappa shape index (κ1) is 36.3. The van der Waals surface area contributed by atoms with Gasteiger partial charge in [-0.3, -0.25) is 19.4 Å². The molecule has 0 aromatic heterocycles. The van der Waals surface area contributed by atoms with Crippen molar-refractivity contribution < 1.29 is 38.4 Å². The lowest BCUT2D eigenvalue weighted by atomic mass is 9.61. The number of nitrogens with zero attached hydrogens (tertiary/aromatic N) is 2. The van der Waals surface area contributed by atoms with Gasteiger partial charge in [0.2, 0.25) is 11.7 Å². The van der Waals surface area contributed by atoms with Gasteiger partial charge in [-0.15, -0.1) is 0 Å². The Morgan fingerprint density at radius 1 is 0.898 bits per heavy atom. The molecule has 0 spiro atoms. The van der Waals surface area contributed by atoms with Crippen LogP contribution in [0.25, 0.3) is 0 Å². The van der Waals surface area contributed by atoms with E-state index in [0.717, 1.165) is 17.7 Å². The molecule has 3 atom stereocenters. The van der Waals surface area contributed by atoms with E-state index in [-0.39, 0.29) is 47.3 Å². The topological polar surface area (TPSA) is 130 Å². The zero-order chi connectivity index (χ0) is 35.3. The number of methoxy groups -OCH3 is 2. The second-order valence-electron chi connectivity index (χ2n) is 12.2. The van der Waals surface area contributed by atoms with Gasteiger partial charge in [0.1, 0.15) is 0 Å². The predicted octanol–water partition coefficient (Wildman–Crippen LogP) is 6.17. The maximum absolute atomic E-state index is 14.3. The van der Waals surface area contributed by atoms with Crippen LogP contribution in [0.3, 0.4) is 0 Å². The van der Waals surface area contributed by atoms with Gasteiger partial charge in [-0.2, -0.15) is 4.89 Å². The number of benzene rings is 3. The standard InChI is InChI=1S/C36H41Cl2N3O8/c1-5-40-16-14-35(33(39)43,24-10-8-7-9-11-24)21-30(40)36(25-12-13-26(37)27(38)20-25)15-17-41(22-36)32(42)23-18-28(45-3)31(29(19-23)46-4)48-34(44)49-47-6-2/h7-13,18-20,30H,5-6,14-17,21-22H2,1-4H3,(H2,39,43). The number of hydrogen-bond donors (Lipinski definition) is 1. The summed E-state index contributed by atoms with van der Waals surface area (Å²) in [5, 5.41) is 0.823. The number of rotatable bonds is 11. The highest BCUT2D eigenvalue weighted by atomic mass is 35.5. The highest BCUT2D eigenvalue weighted by molar-refractivity contribution is 6.42. The molecule has 0 aliphatic carbocycles. The van der Waals surface area contributed by atoms with E-state index in [0.29, 0.717) is 48.9 Å². The molecule has 2 amide bonds. The van der Waals surface area contributed by atoms with Crippen LogP contribution in [-0.2, 0) is 25.4 Å². The molecule has 262 valence electrons. The molecule has 0 radical (unpaired) electrons. The summed E-state index contributed by atoms with van der Waals surface area (Å²) in [6.45, 7) is 5.96.